The Morgan fingerprint density at radius 3 is 2.67 bits per heavy atom. The molecule has 3 aliphatic rings. The zero-order valence-corrected chi connectivity index (χ0v) is 22.1. The molecule has 173 valence electrons. The van der Waals surface area contributed by atoms with Gasteiger partial charge in [0.05, 0.1) is 5.70 Å². The smallest absolute Gasteiger partial charge is 0.255 e. The standard InChI is InChI=1S/C14H14N3O3.C9H12ClNO.Y/c15-6-8-1-2-10-9(5-8)7-17(14(10)20)11-3-4-12(18)16-13(11)19;1-9(2)4-3-8(11-12)5-7(10)6-9;/h1-2,5,11,15H,3-4,6-7H2,(H,16,18,19);3-6,11-12H,1-2H3;/q-1;;. The molecule has 1 unspecified atom stereocenters. The Labute approximate surface area is 223 Å². The zero-order valence-electron chi connectivity index (χ0n) is 18.5. The molecule has 2 heterocycles. The number of hydroxylamine groups is 1. The SMILES string of the molecule is CC1(C)C=CC(NO)=CC(Cl)=C1.[NH-]Cc1ccc2c(c1)CN(C1CCC(=O)NC1=O)C2=O.[Y]. The Kier molecular flexibility index (Phi) is 9.58. The topological polar surface area (TPSA) is 123 Å². The molecule has 1 atom stereocenters. The van der Waals surface area contributed by atoms with Crippen molar-refractivity contribution < 1.29 is 52.3 Å². The van der Waals surface area contributed by atoms with E-state index in [9.17, 15) is 14.4 Å². The molecule has 3 amide bonds. The molecule has 4 N–H and O–H groups in total. The van der Waals surface area contributed by atoms with Gasteiger partial charge in [-0.05, 0) is 30.2 Å². The summed E-state index contributed by atoms with van der Waals surface area (Å²) in [5.74, 6) is -0.860. The van der Waals surface area contributed by atoms with E-state index in [1.165, 1.54) is 4.90 Å². The summed E-state index contributed by atoms with van der Waals surface area (Å²) in [6.07, 6.45) is 8.00. The first-order valence-corrected chi connectivity index (χ1v) is 10.6. The van der Waals surface area contributed by atoms with E-state index in [1.807, 2.05) is 32.1 Å². The predicted molar refractivity (Wildman–Crippen MR) is 120 cm³/mol. The summed E-state index contributed by atoms with van der Waals surface area (Å²) >= 11 is 5.87. The van der Waals surface area contributed by atoms with Crippen molar-refractivity contribution in [1.82, 2.24) is 15.7 Å². The number of halogens is 1. The molecule has 1 aliphatic carbocycles. The monoisotopic (exact) mass is 546 g/mol. The van der Waals surface area contributed by atoms with Crippen LogP contribution >= 0.6 is 11.6 Å². The minimum Gasteiger partial charge on any atom is -0.674 e. The van der Waals surface area contributed by atoms with Crippen molar-refractivity contribution in [3.05, 3.63) is 75.7 Å². The fourth-order valence-corrected chi connectivity index (χ4v) is 4.15. The number of carbonyl (C=O) groups is 3. The number of piperidine rings is 1. The molecule has 33 heavy (non-hydrogen) atoms. The molecule has 2 aliphatic heterocycles. The number of nitrogens with zero attached hydrogens (tertiary/aromatic N) is 1. The second-order valence-corrected chi connectivity index (χ2v) is 8.90. The molecular weight excluding hydrogens is 521 g/mol. The molecule has 10 heteroatoms. The van der Waals surface area contributed by atoms with Gasteiger partial charge in [-0.2, -0.15) is 0 Å². The normalized spacial score (nSPS) is 20.9. The Bertz CT molecular complexity index is 1040. The summed E-state index contributed by atoms with van der Waals surface area (Å²) in [5, 5.41) is 11.5. The van der Waals surface area contributed by atoms with Crippen LogP contribution in [0.4, 0.5) is 0 Å². The number of fused-ring (bicyclic) bond motifs is 1. The summed E-state index contributed by atoms with van der Waals surface area (Å²) < 4.78 is 0. The molecule has 1 radical (unpaired) electrons. The van der Waals surface area contributed by atoms with Crippen LogP contribution in [0.3, 0.4) is 0 Å². The first kappa shape index (κ1) is 27.4. The molecule has 1 aromatic carbocycles. The van der Waals surface area contributed by atoms with Crippen LogP contribution in [-0.4, -0.2) is 33.9 Å². The van der Waals surface area contributed by atoms with E-state index in [1.54, 1.807) is 24.3 Å². The second-order valence-electron chi connectivity index (χ2n) is 8.46. The number of allylic oxidation sites excluding steroid dienone is 5. The van der Waals surface area contributed by atoms with Gasteiger partial charge in [0.25, 0.3) is 5.91 Å². The van der Waals surface area contributed by atoms with Gasteiger partial charge < -0.3 is 10.6 Å². The average Bonchev–Trinajstić information content (AvgIpc) is 2.98. The van der Waals surface area contributed by atoms with Crippen LogP contribution in [0.2, 0.25) is 0 Å². The summed E-state index contributed by atoms with van der Waals surface area (Å²) in [7, 11) is 0. The minimum absolute atomic E-state index is 0. The van der Waals surface area contributed by atoms with Gasteiger partial charge in [-0.25, -0.2) is 0 Å². The van der Waals surface area contributed by atoms with Crippen LogP contribution in [0.1, 0.15) is 48.2 Å². The van der Waals surface area contributed by atoms with Crippen molar-refractivity contribution in [2.45, 2.75) is 45.8 Å². The van der Waals surface area contributed by atoms with E-state index >= 15 is 0 Å². The van der Waals surface area contributed by atoms with E-state index in [2.05, 4.69) is 10.8 Å². The van der Waals surface area contributed by atoms with Crippen molar-refractivity contribution in [3.8, 4) is 0 Å². The van der Waals surface area contributed by atoms with Gasteiger partial charge >= 0.3 is 0 Å². The largest absolute Gasteiger partial charge is 0.674 e. The number of hydrogen-bond donors (Lipinski definition) is 3. The van der Waals surface area contributed by atoms with Crippen molar-refractivity contribution >= 4 is 29.3 Å². The molecule has 8 nitrogen and oxygen atoms in total. The van der Waals surface area contributed by atoms with Crippen LogP contribution in [-0.2, 0) is 55.4 Å². The number of amides is 3. The van der Waals surface area contributed by atoms with Crippen LogP contribution < -0.4 is 10.8 Å². The van der Waals surface area contributed by atoms with Crippen LogP contribution in [0, 0.1) is 5.41 Å². The summed E-state index contributed by atoms with van der Waals surface area (Å²) in [4.78, 5) is 36.9. The molecule has 1 aromatic rings. The number of benzene rings is 1. The Hall–Kier alpha value is -1.84. The third-order valence-corrected chi connectivity index (χ3v) is 5.64. The number of rotatable bonds is 3. The molecule has 1 fully saturated rings. The van der Waals surface area contributed by atoms with Crippen molar-refractivity contribution in [3.63, 3.8) is 0 Å². The van der Waals surface area contributed by atoms with E-state index < -0.39 is 11.9 Å². The van der Waals surface area contributed by atoms with Gasteiger partial charge in [0.15, 0.2) is 0 Å². The first-order valence-electron chi connectivity index (χ1n) is 10.2. The van der Waals surface area contributed by atoms with E-state index in [0.717, 1.165) is 11.1 Å². The third-order valence-electron chi connectivity index (χ3n) is 5.42. The fraction of sp³-hybridized carbons (Fsp3) is 0.348. The second kappa shape index (κ2) is 11.5. The molecule has 0 saturated carbocycles. The summed E-state index contributed by atoms with van der Waals surface area (Å²) in [6.45, 7) is 4.62. The average molecular weight is 547 g/mol. The van der Waals surface area contributed by atoms with Crippen LogP contribution in [0.5, 0.6) is 0 Å². The molecular formula is C23H26ClN4O4Y-. The number of imide groups is 1. The molecule has 0 aromatic heterocycles. The number of hydrogen-bond acceptors (Lipinski definition) is 5. The van der Waals surface area contributed by atoms with Gasteiger partial charge in [0, 0.05) is 61.7 Å². The van der Waals surface area contributed by atoms with E-state index in [4.69, 9.17) is 22.5 Å². The van der Waals surface area contributed by atoms with Gasteiger partial charge in [-0.15, -0.1) is 6.54 Å². The van der Waals surface area contributed by atoms with Crippen molar-refractivity contribution in [2.75, 3.05) is 0 Å². The van der Waals surface area contributed by atoms with Crippen LogP contribution in [0.15, 0.2) is 53.2 Å². The van der Waals surface area contributed by atoms with E-state index in [-0.39, 0.29) is 62.9 Å². The van der Waals surface area contributed by atoms with E-state index in [0.29, 0.717) is 29.3 Å². The Morgan fingerprint density at radius 2 is 2.03 bits per heavy atom. The Morgan fingerprint density at radius 1 is 1.30 bits per heavy atom. The molecule has 4 rings (SSSR count). The van der Waals surface area contributed by atoms with Crippen molar-refractivity contribution in [2.24, 2.45) is 5.41 Å². The predicted octanol–water partition coefficient (Wildman–Crippen LogP) is 3.57. The van der Waals surface area contributed by atoms with Gasteiger partial charge in [-0.1, -0.05) is 55.3 Å². The van der Waals surface area contributed by atoms with Gasteiger partial charge in [0.1, 0.15) is 6.04 Å². The van der Waals surface area contributed by atoms with Gasteiger partial charge in [-0.3, -0.25) is 30.4 Å². The zero-order chi connectivity index (χ0) is 23.5. The Balaban J connectivity index is 0.000000257. The minimum atomic E-state index is -0.577. The maximum atomic E-state index is 12.3. The van der Waals surface area contributed by atoms with Crippen LogP contribution in [0.25, 0.3) is 5.73 Å². The van der Waals surface area contributed by atoms with Crippen molar-refractivity contribution in [1.29, 1.82) is 0 Å². The summed E-state index contributed by atoms with van der Waals surface area (Å²) in [6, 6.07) is 4.74. The molecule has 1 saturated heterocycles. The fourth-order valence-electron chi connectivity index (χ4n) is 3.75. The maximum absolute atomic E-state index is 12.3. The third kappa shape index (κ3) is 6.84. The first-order chi connectivity index (χ1) is 15.1. The molecule has 0 bridgehead atoms. The summed E-state index contributed by atoms with van der Waals surface area (Å²) in [5.41, 5.74) is 12.2. The quantitative estimate of drug-likeness (QED) is 0.395. The molecule has 0 spiro atoms. The number of carbonyl (C=O) groups excluding carboxylic acids is 3. The number of nitrogens with one attached hydrogen (secondary N) is 3. The maximum Gasteiger partial charge on any atom is 0.255 e. The van der Waals surface area contributed by atoms with Gasteiger partial charge in [0.2, 0.25) is 11.8 Å².